The van der Waals surface area contributed by atoms with Crippen molar-refractivity contribution in [2.75, 3.05) is 7.11 Å². The number of halogens is 2. The number of hydrogen-bond donors (Lipinski definition) is 1. The fraction of sp³-hybridized carbons (Fsp3) is 0.222. The summed E-state index contributed by atoms with van der Waals surface area (Å²) in [4.78, 5) is 24.1. The Hall–Kier alpha value is -2.76. The van der Waals surface area contributed by atoms with Gasteiger partial charge in [0.25, 0.3) is 5.91 Å². The van der Waals surface area contributed by atoms with Gasteiger partial charge in [0.1, 0.15) is 6.04 Å². The molecule has 2 aromatic rings. The predicted octanol–water partition coefficient (Wildman–Crippen LogP) is 2.79. The van der Waals surface area contributed by atoms with Crippen molar-refractivity contribution < 1.29 is 23.1 Å². The molecule has 0 unspecified atom stereocenters. The number of amides is 1. The lowest BCUT2D eigenvalue weighted by atomic mass is 10.0. The average molecular weight is 333 g/mol. The van der Waals surface area contributed by atoms with Crippen LogP contribution in [0.5, 0.6) is 0 Å². The van der Waals surface area contributed by atoms with Crippen molar-refractivity contribution in [3.05, 3.63) is 70.8 Å². The van der Waals surface area contributed by atoms with Gasteiger partial charge in [0.05, 0.1) is 7.11 Å². The molecule has 0 aliphatic carbocycles. The van der Waals surface area contributed by atoms with Gasteiger partial charge in [-0.15, -0.1) is 0 Å². The second kappa shape index (κ2) is 7.68. The molecule has 0 aliphatic rings. The molecule has 6 heteroatoms. The van der Waals surface area contributed by atoms with E-state index < -0.39 is 29.6 Å². The monoisotopic (exact) mass is 333 g/mol. The predicted molar refractivity (Wildman–Crippen MR) is 84.5 cm³/mol. The fourth-order valence-electron chi connectivity index (χ4n) is 2.29. The summed E-state index contributed by atoms with van der Waals surface area (Å²) in [6.45, 7) is 1.91. The van der Waals surface area contributed by atoms with Crippen molar-refractivity contribution in [2.24, 2.45) is 0 Å². The van der Waals surface area contributed by atoms with Crippen LogP contribution in [0.4, 0.5) is 8.78 Å². The molecule has 0 heterocycles. The molecule has 4 nitrogen and oxygen atoms in total. The second-order valence-corrected chi connectivity index (χ2v) is 5.37. The Kier molecular flexibility index (Phi) is 5.63. The number of ether oxygens (including phenoxy) is 1. The second-order valence-electron chi connectivity index (χ2n) is 5.37. The molecule has 0 aliphatic heterocycles. The molecule has 1 amide bonds. The quantitative estimate of drug-likeness (QED) is 0.856. The van der Waals surface area contributed by atoms with Gasteiger partial charge >= 0.3 is 5.97 Å². The van der Waals surface area contributed by atoms with Crippen LogP contribution in [-0.2, 0) is 16.0 Å². The van der Waals surface area contributed by atoms with Gasteiger partial charge in [-0.3, -0.25) is 4.79 Å². The zero-order chi connectivity index (χ0) is 17.7. The van der Waals surface area contributed by atoms with Gasteiger partial charge in [0, 0.05) is 12.0 Å². The first-order chi connectivity index (χ1) is 11.4. The number of rotatable bonds is 5. The highest BCUT2D eigenvalue weighted by atomic mass is 19.2. The van der Waals surface area contributed by atoms with E-state index in [4.69, 9.17) is 4.74 Å². The molecular formula is C18H17F2NO3. The van der Waals surface area contributed by atoms with E-state index >= 15 is 0 Å². The van der Waals surface area contributed by atoms with Crippen LogP contribution in [0.2, 0.25) is 0 Å². The van der Waals surface area contributed by atoms with E-state index in [0.717, 1.165) is 29.3 Å². The van der Waals surface area contributed by atoms with Gasteiger partial charge in [0.15, 0.2) is 11.6 Å². The summed E-state index contributed by atoms with van der Waals surface area (Å²) in [5, 5.41) is 2.50. The van der Waals surface area contributed by atoms with Crippen LogP contribution in [0.1, 0.15) is 21.5 Å². The minimum absolute atomic E-state index is 0.0768. The summed E-state index contributed by atoms with van der Waals surface area (Å²) in [6.07, 6.45) is 0.226. The van der Waals surface area contributed by atoms with Crippen LogP contribution in [0.25, 0.3) is 0 Å². The lowest BCUT2D eigenvalue weighted by Gasteiger charge is -2.17. The fourth-order valence-corrected chi connectivity index (χ4v) is 2.29. The molecule has 0 aromatic heterocycles. The van der Waals surface area contributed by atoms with Crippen LogP contribution >= 0.6 is 0 Å². The lowest BCUT2D eigenvalue weighted by molar-refractivity contribution is -0.142. The van der Waals surface area contributed by atoms with E-state index in [-0.39, 0.29) is 12.0 Å². The van der Waals surface area contributed by atoms with E-state index in [1.807, 2.05) is 31.2 Å². The highest BCUT2D eigenvalue weighted by Crippen LogP contribution is 2.11. The van der Waals surface area contributed by atoms with Crippen LogP contribution in [0.15, 0.2) is 42.5 Å². The maximum atomic E-state index is 13.2. The van der Waals surface area contributed by atoms with Gasteiger partial charge in [-0.25, -0.2) is 13.6 Å². The molecular weight excluding hydrogens is 316 g/mol. The van der Waals surface area contributed by atoms with Crippen molar-refractivity contribution in [1.82, 2.24) is 5.32 Å². The van der Waals surface area contributed by atoms with Crippen molar-refractivity contribution in [1.29, 1.82) is 0 Å². The van der Waals surface area contributed by atoms with Gasteiger partial charge in [-0.1, -0.05) is 29.8 Å². The van der Waals surface area contributed by atoms with E-state index in [1.165, 1.54) is 7.11 Å². The van der Waals surface area contributed by atoms with Crippen molar-refractivity contribution >= 4 is 11.9 Å². The maximum Gasteiger partial charge on any atom is 0.328 e. The summed E-state index contributed by atoms with van der Waals surface area (Å²) in [5.41, 5.74) is 1.78. The molecule has 0 radical (unpaired) electrons. The van der Waals surface area contributed by atoms with Gasteiger partial charge in [-0.05, 0) is 30.7 Å². The molecule has 0 spiro atoms. The highest BCUT2D eigenvalue weighted by Gasteiger charge is 2.23. The molecule has 24 heavy (non-hydrogen) atoms. The molecule has 0 saturated carbocycles. The Morgan fingerprint density at radius 3 is 2.50 bits per heavy atom. The van der Waals surface area contributed by atoms with E-state index in [1.54, 1.807) is 0 Å². The molecule has 2 rings (SSSR count). The summed E-state index contributed by atoms with van der Waals surface area (Å²) in [6, 6.07) is 9.33. The summed E-state index contributed by atoms with van der Waals surface area (Å²) >= 11 is 0. The third-order valence-corrected chi connectivity index (χ3v) is 3.50. The van der Waals surface area contributed by atoms with E-state index in [2.05, 4.69) is 5.32 Å². The lowest BCUT2D eigenvalue weighted by Crippen LogP contribution is -2.43. The van der Waals surface area contributed by atoms with E-state index in [0.29, 0.717) is 0 Å². The van der Waals surface area contributed by atoms with Crippen LogP contribution < -0.4 is 5.32 Å². The van der Waals surface area contributed by atoms with Crippen molar-refractivity contribution in [3.63, 3.8) is 0 Å². The number of esters is 1. The number of nitrogens with one attached hydrogen (secondary N) is 1. The zero-order valence-corrected chi connectivity index (χ0v) is 13.3. The van der Waals surface area contributed by atoms with Crippen LogP contribution in [0, 0.1) is 18.6 Å². The van der Waals surface area contributed by atoms with Crippen LogP contribution in [0.3, 0.4) is 0 Å². The Morgan fingerprint density at radius 2 is 1.88 bits per heavy atom. The summed E-state index contributed by atoms with van der Waals surface area (Å²) in [7, 11) is 1.22. The van der Waals surface area contributed by atoms with E-state index in [9.17, 15) is 18.4 Å². The summed E-state index contributed by atoms with van der Waals surface area (Å²) < 4.78 is 30.9. The van der Waals surface area contributed by atoms with Gasteiger partial charge < -0.3 is 10.1 Å². The average Bonchev–Trinajstić information content (AvgIpc) is 2.56. The Balaban J connectivity index is 2.17. The minimum atomic E-state index is -1.13. The van der Waals surface area contributed by atoms with Gasteiger partial charge in [0.2, 0.25) is 0 Å². The Bertz CT molecular complexity index is 762. The number of methoxy groups -OCH3 is 1. The van der Waals surface area contributed by atoms with Crippen molar-refractivity contribution in [2.45, 2.75) is 19.4 Å². The molecule has 126 valence electrons. The largest absolute Gasteiger partial charge is 0.467 e. The minimum Gasteiger partial charge on any atom is -0.467 e. The van der Waals surface area contributed by atoms with Crippen LogP contribution in [-0.4, -0.2) is 25.0 Å². The zero-order valence-electron chi connectivity index (χ0n) is 13.3. The number of carbonyl (C=O) groups excluding carboxylic acids is 2. The maximum absolute atomic E-state index is 13.2. The normalized spacial score (nSPS) is 11.7. The third-order valence-electron chi connectivity index (χ3n) is 3.50. The number of benzene rings is 2. The molecule has 0 bridgehead atoms. The molecule has 1 N–H and O–H groups in total. The molecule has 0 fully saturated rings. The first-order valence-corrected chi connectivity index (χ1v) is 7.30. The smallest absolute Gasteiger partial charge is 0.328 e. The topological polar surface area (TPSA) is 55.4 Å². The van der Waals surface area contributed by atoms with Gasteiger partial charge in [-0.2, -0.15) is 0 Å². The SMILES string of the molecule is COC(=O)[C@H](Cc1cccc(C)c1)NC(=O)c1ccc(F)c(F)c1. The number of hydrogen-bond acceptors (Lipinski definition) is 3. The molecule has 1 atom stereocenters. The Labute approximate surface area is 138 Å². The first-order valence-electron chi connectivity index (χ1n) is 7.30. The molecule has 0 saturated heterocycles. The first kappa shape index (κ1) is 17.6. The Morgan fingerprint density at radius 1 is 1.12 bits per heavy atom. The van der Waals surface area contributed by atoms with Crippen molar-refractivity contribution in [3.8, 4) is 0 Å². The number of carbonyl (C=O) groups is 2. The highest BCUT2D eigenvalue weighted by molar-refractivity contribution is 5.96. The summed E-state index contributed by atoms with van der Waals surface area (Å²) in [5.74, 6) is -3.48. The third kappa shape index (κ3) is 4.38. The number of aryl methyl sites for hydroxylation is 1. The standard InChI is InChI=1S/C18H17F2NO3/c1-11-4-3-5-12(8-11)9-16(18(23)24-2)21-17(22)13-6-7-14(19)15(20)10-13/h3-8,10,16H,9H2,1-2H3,(H,21,22)/t16-/m0/s1. The molecule has 2 aromatic carbocycles.